The molecule has 0 unspecified atom stereocenters. The maximum Gasteiger partial charge on any atom is 0.411 e. The van der Waals surface area contributed by atoms with E-state index in [0.29, 0.717) is 25.8 Å². The first-order chi connectivity index (χ1) is 21.1. The Morgan fingerprint density at radius 2 is 1.40 bits per heavy atom. The number of aliphatic hydroxyl groups is 2. The molecule has 0 aromatic heterocycles. The minimum Gasteiger partial charge on any atom is -0.464 e. The molecular weight excluding hydrogens is 588 g/mol. The van der Waals surface area contributed by atoms with E-state index in [1.165, 1.54) is 4.90 Å². The van der Waals surface area contributed by atoms with Gasteiger partial charge in [-0.15, -0.1) is 13.2 Å². The summed E-state index contributed by atoms with van der Waals surface area (Å²) in [7, 11) is 0. The Balaban J connectivity index is 0.000000257. The number of likely N-dealkylation sites (tertiary alicyclic amines) is 1. The van der Waals surface area contributed by atoms with Gasteiger partial charge in [-0.3, -0.25) is 14.5 Å². The van der Waals surface area contributed by atoms with Crippen LogP contribution in [0, 0.1) is 11.8 Å². The molecular formula is C31H48N4O10. The SMILES string of the molecule is C=C[C@@H]1C[C@]1(NC(=O)[C@@H]1C[C@H](O)CN1)C(=O)OCC.C=C[C@@H]1C[C@]1(NC(=O)[C@@H]1C[C@H](O)CN1C(=O)OC(C)(C)C)C(=O)OCC. The molecule has 0 spiro atoms. The van der Waals surface area contributed by atoms with Crippen LogP contribution in [0.5, 0.6) is 0 Å². The van der Waals surface area contributed by atoms with Crippen molar-refractivity contribution < 1.29 is 48.4 Å². The van der Waals surface area contributed by atoms with Crippen LogP contribution in [0.25, 0.3) is 0 Å². The van der Waals surface area contributed by atoms with Gasteiger partial charge < -0.3 is 40.4 Å². The summed E-state index contributed by atoms with van der Waals surface area (Å²) in [6, 6.07) is -1.36. The maximum atomic E-state index is 12.8. The third-order valence-corrected chi connectivity index (χ3v) is 8.20. The van der Waals surface area contributed by atoms with Gasteiger partial charge in [0.2, 0.25) is 11.8 Å². The Labute approximate surface area is 263 Å². The van der Waals surface area contributed by atoms with Crippen molar-refractivity contribution in [1.82, 2.24) is 20.9 Å². The number of nitrogens with one attached hydrogen (secondary N) is 3. The second-order valence-corrected chi connectivity index (χ2v) is 12.8. The van der Waals surface area contributed by atoms with E-state index in [0.717, 1.165) is 0 Å². The molecule has 4 rings (SSSR count). The number of hydrogen-bond acceptors (Lipinski definition) is 11. The maximum absolute atomic E-state index is 12.8. The number of esters is 2. The number of hydrogen-bond donors (Lipinski definition) is 5. The summed E-state index contributed by atoms with van der Waals surface area (Å²) < 4.78 is 15.4. The topological polar surface area (TPSA) is 193 Å². The molecule has 0 aromatic rings. The van der Waals surface area contributed by atoms with E-state index in [9.17, 15) is 34.2 Å². The predicted molar refractivity (Wildman–Crippen MR) is 161 cm³/mol. The summed E-state index contributed by atoms with van der Waals surface area (Å²) in [6.07, 6.45) is 2.64. The average molecular weight is 637 g/mol. The lowest BCUT2D eigenvalue weighted by Gasteiger charge is -2.29. The molecule has 0 aromatic carbocycles. The lowest BCUT2D eigenvalue weighted by molar-refractivity contribution is -0.149. The summed E-state index contributed by atoms with van der Waals surface area (Å²) in [5.41, 5.74) is -2.81. The number of carbonyl (C=O) groups is 5. The van der Waals surface area contributed by atoms with Crippen molar-refractivity contribution in [2.45, 2.75) is 101 Å². The van der Waals surface area contributed by atoms with Gasteiger partial charge in [-0.2, -0.15) is 0 Å². The lowest BCUT2D eigenvalue weighted by atomic mass is 10.1. The van der Waals surface area contributed by atoms with Gasteiger partial charge in [-0.1, -0.05) is 12.2 Å². The molecule has 14 heteroatoms. The summed E-state index contributed by atoms with van der Waals surface area (Å²) in [4.78, 5) is 62.7. The van der Waals surface area contributed by atoms with Crippen molar-refractivity contribution in [3.63, 3.8) is 0 Å². The van der Waals surface area contributed by atoms with Gasteiger partial charge in [0, 0.05) is 24.8 Å². The van der Waals surface area contributed by atoms with Crippen LogP contribution in [-0.4, -0.2) is 112 Å². The Morgan fingerprint density at radius 1 is 0.889 bits per heavy atom. The standard InChI is InChI=1S/C18H28N2O6.C13H20N2O4/c1-6-11-9-18(11,15(23)25-7-2)19-14(22)13-8-12(21)10-20(13)16(24)26-17(3,4)5;1-3-8-6-13(8,12(18)19-4-2)15-11(17)10-5-9(16)7-14-10/h6,11-13,21H,1,7-10H2,2-5H3,(H,19,22);3,8-10,14,16H,1,4-7H2,2H3,(H,15,17)/t11-,12+,13+,18-;8-,9+,10+,13-/m11/s1. The van der Waals surface area contributed by atoms with Crippen molar-refractivity contribution in [3.8, 4) is 0 Å². The smallest absolute Gasteiger partial charge is 0.411 e. The van der Waals surface area contributed by atoms with Crippen LogP contribution in [0.2, 0.25) is 0 Å². The summed E-state index contributed by atoms with van der Waals surface area (Å²) in [5.74, 6) is -2.00. The Morgan fingerprint density at radius 3 is 1.80 bits per heavy atom. The monoisotopic (exact) mass is 636 g/mol. The molecule has 2 aliphatic heterocycles. The fourth-order valence-electron chi connectivity index (χ4n) is 5.64. The van der Waals surface area contributed by atoms with Crippen molar-refractivity contribution in [2.24, 2.45) is 11.8 Å². The van der Waals surface area contributed by atoms with Gasteiger partial charge in [0.25, 0.3) is 0 Å². The molecule has 4 fully saturated rings. The first-order valence-electron chi connectivity index (χ1n) is 15.4. The Kier molecular flexibility index (Phi) is 11.4. The lowest BCUT2D eigenvalue weighted by Crippen LogP contribution is -2.53. The zero-order valence-electron chi connectivity index (χ0n) is 26.8. The van der Waals surface area contributed by atoms with E-state index in [4.69, 9.17) is 14.2 Å². The van der Waals surface area contributed by atoms with E-state index in [1.807, 2.05) is 0 Å². The summed E-state index contributed by atoms with van der Waals surface area (Å²) in [5, 5.41) is 27.7. The van der Waals surface area contributed by atoms with E-state index < -0.39 is 64.9 Å². The summed E-state index contributed by atoms with van der Waals surface area (Å²) >= 11 is 0. The molecule has 0 radical (unpaired) electrons. The molecule has 0 bridgehead atoms. The Bertz CT molecular complexity index is 1170. The third-order valence-electron chi connectivity index (χ3n) is 8.20. The highest BCUT2D eigenvalue weighted by atomic mass is 16.6. The van der Waals surface area contributed by atoms with Gasteiger partial charge in [-0.05, 0) is 53.9 Å². The second kappa shape index (κ2) is 14.3. The largest absolute Gasteiger partial charge is 0.464 e. The van der Waals surface area contributed by atoms with E-state index in [-0.39, 0.29) is 43.9 Å². The van der Waals surface area contributed by atoms with Gasteiger partial charge in [0.1, 0.15) is 22.7 Å². The number of β-amino-alcohol motifs (C(OH)–C–C–N with tert-alkyl or cyclic N) is 2. The number of aliphatic hydroxyl groups excluding tert-OH is 2. The normalized spacial score (nSPS) is 33.1. The zero-order valence-corrected chi connectivity index (χ0v) is 26.8. The molecule has 2 saturated carbocycles. The first-order valence-corrected chi connectivity index (χ1v) is 15.4. The van der Waals surface area contributed by atoms with Crippen molar-refractivity contribution in [1.29, 1.82) is 0 Å². The van der Waals surface area contributed by atoms with Crippen molar-refractivity contribution in [3.05, 3.63) is 25.3 Å². The van der Waals surface area contributed by atoms with E-state index in [2.05, 4.69) is 29.1 Å². The minimum atomic E-state index is -1.14. The first kappa shape index (κ1) is 36.0. The summed E-state index contributed by atoms with van der Waals surface area (Å²) in [6.45, 7) is 16.8. The third kappa shape index (κ3) is 8.41. The molecule has 3 amide bonds. The molecule has 45 heavy (non-hydrogen) atoms. The predicted octanol–water partition coefficient (Wildman–Crippen LogP) is 0.314. The fraction of sp³-hybridized carbons (Fsp3) is 0.710. The highest BCUT2D eigenvalue weighted by Gasteiger charge is 2.62. The number of nitrogens with zero attached hydrogens (tertiary/aromatic N) is 1. The van der Waals surface area contributed by atoms with Crippen LogP contribution in [0.15, 0.2) is 25.3 Å². The van der Waals surface area contributed by atoms with Gasteiger partial charge in [-0.25, -0.2) is 14.4 Å². The van der Waals surface area contributed by atoms with Crippen LogP contribution in [0.3, 0.4) is 0 Å². The molecule has 8 atom stereocenters. The van der Waals surface area contributed by atoms with Crippen LogP contribution < -0.4 is 16.0 Å². The highest BCUT2D eigenvalue weighted by molar-refractivity contribution is 5.95. The van der Waals surface area contributed by atoms with Crippen LogP contribution in [0.4, 0.5) is 4.79 Å². The quantitative estimate of drug-likeness (QED) is 0.126. The number of ether oxygens (including phenoxy) is 3. The minimum absolute atomic E-state index is 0.00426. The second-order valence-electron chi connectivity index (χ2n) is 12.8. The molecule has 2 heterocycles. The molecule has 2 aliphatic carbocycles. The van der Waals surface area contributed by atoms with Gasteiger partial charge in [0.15, 0.2) is 0 Å². The number of rotatable bonds is 10. The fourth-order valence-corrected chi connectivity index (χ4v) is 5.64. The van der Waals surface area contributed by atoms with Crippen LogP contribution in [-0.2, 0) is 33.4 Å². The molecule has 252 valence electrons. The molecule has 4 aliphatic rings. The van der Waals surface area contributed by atoms with Gasteiger partial charge in [0.05, 0.1) is 38.0 Å². The van der Waals surface area contributed by atoms with Gasteiger partial charge >= 0.3 is 18.0 Å². The zero-order chi connectivity index (χ0) is 33.7. The van der Waals surface area contributed by atoms with E-state index >= 15 is 0 Å². The van der Waals surface area contributed by atoms with Crippen LogP contribution >= 0.6 is 0 Å². The van der Waals surface area contributed by atoms with Crippen molar-refractivity contribution in [2.75, 3.05) is 26.3 Å². The average Bonchev–Trinajstić information content (AvgIpc) is 3.74. The highest BCUT2D eigenvalue weighted by Crippen LogP contribution is 2.46. The number of amides is 3. The molecule has 2 saturated heterocycles. The Hall–Kier alpha value is -3.49. The van der Waals surface area contributed by atoms with Crippen molar-refractivity contribution >= 4 is 29.8 Å². The van der Waals surface area contributed by atoms with Crippen LogP contribution in [0.1, 0.15) is 60.3 Å². The molecule has 5 N–H and O–H groups in total. The molecule has 14 nitrogen and oxygen atoms in total. The number of carbonyl (C=O) groups excluding carboxylic acids is 5. The van der Waals surface area contributed by atoms with E-state index in [1.54, 1.807) is 46.8 Å².